The smallest absolute Gasteiger partial charge is 0.264 e. The molecule has 0 aliphatic carbocycles. The molecule has 0 spiro atoms. The maximum absolute atomic E-state index is 14.0. The van der Waals surface area contributed by atoms with Gasteiger partial charge in [0.25, 0.3) is 10.0 Å². The molecule has 0 radical (unpaired) electrons. The van der Waals surface area contributed by atoms with E-state index in [-0.39, 0.29) is 23.0 Å². The second-order valence-corrected chi connectivity index (χ2v) is 11.9. The van der Waals surface area contributed by atoms with Crippen LogP contribution in [0.4, 0.5) is 5.69 Å². The number of aryl methyl sites for hydroxylation is 2. The molecule has 1 N–H and O–H groups in total. The molecule has 0 aliphatic rings. The molecule has 0 saturated carbocycles. The molecule has 1 atom stereocenters. The van der Waals surface area contributed by atoms with Gasteiger partial charge in [0, 0.05) is 18.1 Å². The summed E-state index contributed by atoms with van der Waals surface area (Å²) in [6.07, 6.45) is 0.738. The highest BCUT2D eigenvalue weighted by atomic mass is 35.5. The molecule has 0 aromatic heterocycles. The highest BCUT2D eigenvalue weighted by Gasteiger charge is 2.33. The minimum atomic E-state index is -4.17. The topological polar surface area (TPSA) is 96.0 Å². The van der Waals surface area contributed by atoms with Crippen LogP contribution >= 0.6 is 11.6 Å². The van der Waals surface area contributed by atoms with Gasteiger partial charge in [0.2, 0.25) is 11.8 Å². The van der Waals surface area contributed by atoms with E-state index in [1.54, 1.807) is 69.5 Å². The lowest BCUT2D eigenvalue weighted by Crippen LogP contribution is -2.51. The van der Waals surface area contributed by atoms with Crippen LogP contribution in [-0.2, 0) is 26.2 Å². The summed E-state index contributed by atoms with van der Waals surface area (Å²) in [6, 6.07) is 17.6. The summed E-state index contributed by atoms with van der Waals surface area (Å²) in [5.74, 6) is -0.206. The fraction of sp³-hybridized carbons (Fsp3) is 0.333. The summed E-state index contributed by atoms with van der Waals surface area (Å²) in [5.41, 5.74) is 2.58. The molecule has 3 aromatic carbocycles. The first-order chi connectivity index (χ1) is 19.0. The van der Waals surface area contributed by atoms with Gasteiger partial charge in [-0.25, -0.2) is 8.42 Å². The Morgan fingerprint density at radius 2 is 1.65 bits per heavy atom. The number of carbonyl (C=O) groups excluding carboxylic acids is 2. The maximum atomic E-state index is 14.0. The summed E-state index contributed by atoms with van der Waals surface area (Å²) in [4.78, 5) is 28.4. The second kappa shape index (κ2) is 13.7. The fourth-order valence-electron chi connectivity index (χ4n) is 4.11. The van der Waals surface area contributed by atoms with Gasteiger partial charge in [0.05, 0.1) is 17.7 Å². The zero-order valence-corrected chi connectivity index (χ0v) is 25.1. The van der Waals surface area contributed by atoms with Crippen molar-refractivity contribution < 1.29 is 22.7 Å². The maximum Gasteiger partial charge on any atom is 0.264 e. The Kier molecular flexibility index (Phi) is 10.6. The molecule has 0 bridgehead atoms. The van der Waals surface area contributed by atoms with E-state index in [1.165, 1.54) is 23.1 Å². The predicted molar refractivity (Wildman–Crippen MR) is 158 cm³/mol. The summed E-state index contributed by atoms with van der Waals surface area (Å²) < 4.78 is 34.2. The van der Waals surface area contributed by atoms with Crippen LogP contribution in [0.3, 0.4) is 0 Å². The number of anilines is 1. The Balaban J connectivity index is 2.05. The largest absolute Gasteiger partial charge is 0.497 e. The molecular formula is C30H36ClN3O5S. The minimum Gasteiger partial charge on any atom is -0.497 e. The molecule has 0 fully saturated rings. The number of sulfonamides is 1. The number of benzene rings is 3. The molecule has 3 rings (SSSR count). The van der Waals surface area contributed by atoms with Gasteiger partial charge < -0.3 is 15.0 Å². The van der Waals surface area contributed by atoms with Gasteiger partial charge in [0.15, 0.2) is 0 Å². The Morgan fingerprint density at radius 1 is 1.00 bits per heavy atom. The number of carbonyl (C=O) groups is 2. The van der Waals surface area contributed by atoms with Crippen LogP contribution in [0.15, 0.2) is 71.6 Å². The molecule has 214 valence electrons. The molecule has 40 heavy (non-hydrogen) atoms. The van der Waals surface area contributed by atoms with Crippen molar-refractivity contribution in [2.45, 2.75) is 51.6 Å². The van der Waals surface area contributed by atoms with Crippen LogP contribution in [0.25, 0.3) is 0 Å². The lowest BCUT2D eigenvalue weighted by Gasteiger charge is -2.32. The van der Waals surface area contributed by atoms with Crippen molar-refractivity contribution in [1.29, 1.82) is 0 Å². The van der Waals surface area contributed by atoms with Crippen molar-refractivity contribution in [3.05, 3.63) is 88.4 Å². The third-order valence-corrected chi connectivity index (χ3v) is 8.57. The standard InChI is InChI=1S/C30H36ClN3O5S/c1-6-17-32-30(36)23(4)33(19-24-10-13-26(39-5)14-11-24)29(35)20-34(28-18-25(31)12-9-22(28)3)40(37,38)27-15-7-21(2)8-16-27/h7-16,18,23H,6,17,19-20H2,1-5H3,(H,32,36)/t23-/m1/s1. The van der Waals surface area contributed by atoms with Crippen LogP contribution in [0.5, 0.6) is 5.75 Å². The number of hydrogen-bond acceptors (Lipinski definition) is 5. The molecule has 0 unspecified atom stereocenters. The van der Waals surface area contributed by atoms with E-state index in [9.17, 15) is 18.0 Å². The van der Waals surface area contributed by atoms with Crippen molar-refractivity contribution >= 4 is 39.1 Å². The predicted octanol–water partition coefficient (Wildman–Crippen LogP) is 5.10. The summed E-state index contributed by atoms with van der Waals surface area (Å²) in [7, 11) is -2.61. The lowest BCUT2D eigenvalue weighted by atomic mass is 10.1. The van der Waals surface area contributed by atoms with Crippen molar-refractivity contribution in [3.8, 4) is 5.75 Å². The van der Waals surface area contributed by atoms with Gasteiger partial charge in [-0.15, -0.1) is 0 Å². The number of methoxy groups -OCH3 is 1. The first-order valence-electron chi connectivity index (χ1n) is 13.0. The number of rotatable bonds is 12. The molecule has 8 nitrogen and oxygen atoms in total. The molecule has 0 aliphatic heterocycles. The van der Waals surface area contributed by atoms with E-state index < -0.39 is 28.5 Å². The van der Waals surface area contributed by atoms with Crippen molar-refractivity contribution in [2.75, 3.05) is 24.5 Å². The quantitative estimate of drug-likeness (QED) is 0.319. The van der Waals surface area contributed by atoms with Crippen LogP contribution < -0.4 is 14.4 Å². The Hall–Kier alpha value is -3.56. The van der Waals surface area contributed by atoms with E-state index in [0.29, 0.717) is 22.9 Å². The summed E-state index contributed by atoms with van der Waals surface area (Å²) in [5, 5.41) is 3.17. The number of ether oxygens (including phenoxy) is 1. The Labute approximate surface area is 241 Å². The summed E-state index contributed by atoms with van der Waals surface area (Å²) >= 11 is 6.27. The number of nitrogens with zero attached hydrogens (tertiary/aromatic N) is 2. The zero-order chi connectivity index (χ0) is 29.4. The van der Waals surface area contributed by atoms with Crippen molar-refractivity contribution in [3.63, 3.8) is 0 Å². The first-order valence-corrected chi connectivity index (χ1v) is 14.9. The average molecular weight is 586 g/mol. The zero-order valence-electron chi connectivity index (χ0n) is 23.5. The highest BCUT2D eigenvalue weighted by molar-refractivity contribution is 7.92. The van der Waals surface area contributed by atoms with Crippen molar-refractivity contribution in [2.24, 2.45) is 0 Å². The summed E-state index contributed by atoms with van der Waals surface area (Å²) in [6.45, 7) is 7.21. The van der Waals surface area contributed by atoms with E-state index in [2.05, 4.69) is 5.32 Å². The van der Waals surface area contributed by atoms with Gasteiger partial charge in [-0.1, -0.05) is 54.4 Å². The molecule has 10 heteroatoms. The van der Waals surface area contributed by atoms with Crippen molar-refractivity contribution in [1.82, 2.24) is 10.2 Å². The van der Waals surface area contributed by atoms with Gasteiger partial charge in [-0.3, -0.25) is 13.9 Å². The molecule has 2 amide bonds. The lowest BCUT2D eigenvalue weighted by molar-refractivity contribution is -0.139. The Morgan fingerprint density at radius 3 is 2.25 bits per heavy atom. The van der Waals surface area contributed by atoms with E-state index >= 15 is 0 Å². The van der Waals surface area contributed by atoms with Crippen LogP contribution in [0.1, 0.15) is 37.0 Å². The average Bonchev–Trinajstić information content (AvgIpc) is 2.94. The molecule has 0 saturated heterocycles. The molecular weight excluding hydrogens is 550 g/mol. The third kappa shape index (κ3) is 7.55. The van der Waals surface area contributed by atoms with E-state index in [1.807, 2.05) is 13.8 Å². The SMILES string of the molecule is CCCNC(=O)[C@@H](C)N(Cc1ccc(OC)cc1)C(=O)CN(c1cc(Cl)ccc1C)S(=O)(=O)c1ccc(C)cc1. The first kappa shape index (κ1) is 31.0. The number of halogens is 1. The second-order valence-electron chi connectivity index (χ2n) is 9.59. The van der Waals surface area contributed by atoms with Gasteiger partial charge in [-0.2, -0.15) is 0 Å². The van der Waals surface area contributed by atoms with Crippen LogP contribution in [0, 0.1) is 13.8 Å². The minimum absolute atomic E-state index is 0.0423. The van der Waals surface area contributed by atoms with Gasteiger partial charge in [-0.05, 0) is 74.7 Å². The number of nitrogens with one attached hydrogen (secondary N) is 1. The number of hydrogen-bond donors (Lipinski definition) is 1. The Bertz CT molecular complexity index is 1430. The third-order valence-electron chi connectivity index (χ3n) is 6.56. The monoisotopic (exact) mass is 585 g/mol. The van der Waals surface area contributed by atoms with E-state index in [0.717, 1.165) is 21.9 Å². The fourth-order valence-corrected chi connectivity index (χ4v) is 5.75. The van der Waals surface area contributed by atoms with E-state index in [4.69, 9.17) is 16.3 Å². The van der Waals surface area contributed by atoms with Gasteiger partial charge in [0.1, 0.15) is 18.3 Å². The number of amides is 2. The molecule has 0 heterocycles. The van der Waals surface area contributed by atoms with Gasteiger partial charge >= 0.3 is 0 Å². The van der Waals surface area contributed by atoms with Crippen LogP contribution in [-0.4, -0.2) is 51.4 Å². The molecule has 3 aromatic rings. The van der Waals surface area contributed by atoms with Crippen LogP contribution in [0.2, 0.25) is 5.02 Å². The highest BCUT2D eigenvalue weighted by Crippen LogP contribution is 2.30. The normalized spacial score (nSPS) is 11.9.